The van der Waals surface area contributed by atoms with Gasteiger partial charge in [0, 0.05) is 49.0 Å². The summed E-state index contributed by atoms with van der Waals surface area (Å²) in [6.07, 6.45) is 0. The van der Waals surface area contributed by atoms with Gasteiger partial charge in [-0.2, -0.15) is 0 Å². The quantitative estimate of drug-likeness (QED) is 0.178. The van der Waals surface area contributed by atoms with Gasteiger partial charge in [0.1, 0.15) is 0 Å². The summed E-state index contributed by atoms with van der Waals surface area (Å²) in [5.41, 5.74) is 12.0. The molecule has 4 aromatic heterocycles. The van der Waals surface area contributed by atoms with Gasteiger partial charge in [0.15, 0.2) is 0 Å². The summed E-state index contributed by atoms with van der Waals surface area (Å²) >= 11 is 0. The maximum Gasteiger partial charge on any atom is 0.235 e. The molecule has 10 aromatic carbocycles. The molecule has 0 aliphatic rings. The third-order valence-electron chi connectivity index (χ3n) is 13.2. The second kappa shape index (κ2) is 13.0. The first-order valence-corrected chi connectivity index (χ1v) is 21.5. The second-order valence-electron chi connectivity index (χ2n) is 16.6. The summed E-state index contributed by atoms with van der Waals surface area (Å²) in [7, 11) is 0. The molecular weight excluding hydrogens is 767 g/mol. The first-order valence-electron chi connectivity index (χ1n) is 21.5. The molecule has 0 aliphatic heterocycles. The van der Waals surface area contributed by atoms with E-state index in [1.54, 1.807) is 0 Å². The molecule has 0 radical (unpaired) electrons. The zero-order chi connectivity index (χ0) is 41.2. The van der Waals surface area contributed by atoms with Gasteiger partial charge in [0.05, 0.1) is 50.0 Å². The van der Waals surface area contributed by atoms with E-state index < -0.39 is 0 Å². The van der Waals surface area contributed by atoms with E-state index in [-0.39, 0.29) is 0 Å². The SMILES string of the molecule is c1ccc2cc(-c3nc(-n4c5ccccc5c5c(-n6c7ccccc7c7c8c9ccccc9n(-c9ccc%10ccccc%10c9)c8ccc76)cccc54)nc4ccccc34)ccc2c1. The van der Waals surface area contributed by atoms with Crippen LogP contribution in [0, 0.1) is 0 Å². The monoisotopic (exact) mass is 801 g/mol. The Morgan fingerprint density at radius 1 is 0.302 bits per heavy atom. The molecule has 0 bridgehead atoms. The van der Waals surface area contributed by atoms with E-state index in [1.807, 2.05) is 0 Å². The number of fused-ring (bicyclic) bond motifs is 13. The van der Waals surface area contributed by atoms with Gasteiger partial charge in [-0.05, 0) is 88.3 Å². The highest BCUT2D eigenvalue weighted by Gasteiger charge is 2.24. The summed E-state index contributed by atoms with van der Waals surface area (Å²) in [4.78, 5) is 10.8. The van der Waals surface area contributed by atoms with Crippen molar-refractivity contribution in [2.24, 2.45) is 0 Å². The Morgan fingerprint density at radius 2 is 0.810 bits per heavy atom. The van der Waals surface area contributed by atoms with Crippen molar-refractivity contribution in [1.82, 2.24) is 23.7 Å². The van der Waals surface area contributed by atoms with E-state index in [2.05, 4.69) is 226 Å². The van der Waals surface area contributed by atoms with E-state index in [0.29, 0.717) is 5.95 Å². The Kier molecular flexibility index (Phi) is 7.05. The predicted octanol–water partition coefficient (Wildman–Crippen LogP) is 14.9. The van der Waals surface area contributed by atoms with E-state index in [9.17, 15) is 0 Å². The normalized spacial score (nSPS) is 12.1. The topological polar surface area (TPSA) is 40.6 Å². The van der Waals surface area contributed by atoms with Crippen LogP contribution in [0.25, 0.3) is 126 Å². The zero-order valence-corrected chi connectivity index (χ0v) is 33.9. The average molecular weight is 802 g/mol. The van der Waals surface area contributed by atoms with Crippen LogP contribution < -0.4 is 0 Å². The Hall–Kier alpha value is -8.54. The van der Waals surface area contributed by atoms with Crippen molar-refractivity contribution in [3.63, 3.8) is 0 Å². The van der Waals surface area contributed by atoms with Crippen LogP contribution in [-0.2, 0) is 0 Å². The fourth-order valence-corrected chi connectivity index (χ4v) is 10.5. The van der Waals surface area contributed by atoms with Crippen molar-refractivity contribution in [3.05, 3.63) is 212 Å². The van der Waals surface area contributed by atoms with Crippen molar-refractivity contribution in [3.8, 4) is 28.6 Å². The molecule has 14 aromatic rings. The maximum atomic E-state index is 5.46. The number of aromatic nitrogens is 5. The number of para-hydroxylation sites is 4. The molecule has 63 heavy (non-hydrogen) atoms. The number of hydrogen-bond acceptors (Lipinski definition) is 2. The van der Waals surface area contributed by atoms with E-state index in [1.165, 1.54) is 54.1 Å². The Morgan fingerprint density at radius 3 is 1.52 bits per heavy atom. The molecule has 0 spiro atoms. The minimum absolute atomic E-state index is 0.644. The number of nitrogens with zero attached hydrogens (tertiary/aromatic N) is 5. The molecule has 0 unspecified atom stereocenters. The lowest BCUT2D eigenvalue weighted by molar-refractivity contribution is 1.01. The minimum Gasteiger partial charge on any atom is -0.309 e. The maximum absolute atomic E-state index is 5.46. The van der Waals surface area contributed by atoms with Gasteiger partial charge in [0.2, 0.25) is 5.95 Å². The van der Waals surface area contributed by atoms with Gasteiger partial charge in [0.25, 0.3) is 0 Å². The number of rotatable bonds is 4. The zero-order valence-electron chi connectivity index (χ0n) is 33.9. The molecule has 292 valence electrons. The Bertz CT molecular complexity index is 4220. The molecule has 4 heterocycles. The highest BCUT2D eigenvalue weighted by atomic mass is 15.2. The van der Waals surface area contributed by atoms with Crippen LogP contribution in [-0.4, -0.2) is 23.7 Å². The van der Waals surface area contributed by atoms with Crippen LogP contribution in [0.3, 0.4) is 0 Å². The van der Waals surface area contributed by atoms with Crippen LogP contribution in [0.15, 0.2) is 212 Å². The van der Waals surface area contributed by atoms with Crippen molar-refractivity contribution in [1.29, 1.82) is 0 Å². The molecule has 0 saturated heterocycles. The summed E-state index contributed by atoms with van der Waals surface area (Å²) in [5.74, 6) is 0.644. The van der Waals surface area contributed by atoms with Gasteiger partial charge in [-0.1, -0.05) is 146 Å². The molecule has 5 nitrogen and oxygen atoms in total. The second-order valence-corrected chi connectivity index (χ2v) is 16.6. The van der Waals surface area contributed by atoms with Crippen LogP contribution >= 0.6 is 0 Å². The molecular formula is C58H35N5. The summed E-state index contributed by atoms with van der Waals surface area (Å²) in [6.45, 7) is 0. The van der Waals surface area contributed by atoms with Gasteiger partial charge in [-0.25, -0.2) is 9.97 Å². The average Bonchev–Trinajstić information content (AvgIpc) is 3.99. The van der Waals surface area contributed by atoms with Crippen molar-refractivity contribution >= 4 is 97.9 Å². The van der Waals surface area contributed by atoms with Gasteiger partial charge >= 0.3 is 0 Å². The molecule has 0 N–H and O–H groups in total. The fourth-order valence-electron chi connectivity index (χ4n) is 10.5. The highest BCUT2D eigenvalue weighted by molar-refractivity contribution is 6.29. The summed E-state index contributed by atoms with van der Waals surface area (Å²) < 4.78 is 7.17. The van der Waals surface area contributed by atoms with Crippen molar-refractivity contribution in [2.45, 2.75) is 0 Å². The Balaban J connectivity index is 1.05. The van der Waals surface area contributed by atoms with Gasteiger partial charge < -0.3 is 9.13 Å². The number of benzene rings is 10. The van der Waals surface area contributed by atoms with Gasteiger partial charge in [-0.15, -0.1) is 0 Å². The molecule has 14 rings (SSSR count). The first-order chi connectivity index (χ1) is 31.3. The van der Waals surface area contributed by atoms with E-state index in [0.717, 1.165) is 66.4 Å². The predicted molar refractivity (Wildman–Crippen MR) is 263 cm³/mol. The highest BCUT2D eigenvalue weighted by Crippen LogP contribution is 2.45. The largest absolute Gasteiger partial charge is 0.309 e. The van der Waals surface area contributed by atoms with Crippen LogP contribution in [0.4, 0.5) is 0 Å². The molecule has 0 amide bonds. The van der Waals surface area contributed by atoms with E-state index >= 15 is 0 Å². The van der Waals surface area contributed by atoms with Crippen LogP contribution in [0.2, 0.25) is 0 Å². The molecule has 0 fully saturated rings. The Labute approximate surface area is 360 Å². The van der Waals surface area contributed by atoms with Crippen molar-refractivity contribution < 1.29 is 0 Å². The molecule has 0 saturated carbocycles. The fraction of sp³-hybridized carbons (Fsp3) is 0. The third-order valence-corrected chi connectivity index (χ3v) is 13.2. The summed E-state index contributed by atoms with van der Waals surface area (Å²) in [5, 5.41) is 13.1. The lowest BCUT2D eigenvalue weighted by Crippen LogP contribution is -2.03. The van der Waals surface area contributed by atoms with Gasteiger partial charge in [-0.3, -0.25) is 4.57 Å². The lowest BCUT2D eigenvalue weighted by Gasteiger charge is -2.13. The standard InChI is InChI=1S/C58H35N5/c1-3-16-38-34-40(29-28-36(38)14-1)57-42-18-5-9-22-46(42)59-58(60-57)63-49-25-12-6-19-43(49)54-50(26-13-27-51(54)63)62-48-24-11-8-21-45(48)56-53(62)33-32-52-55(56)44-20-7-10-23-47(44)61(52)41-31-30-37-15-2-4-17-39(37)35-41/h1-35H. The molecule has 0 aliphatic carbocycles. The van der Waals surface area contributed by atoms with Crippen LogP contribution in [0.5, 0.6) is 0 Å². The first kappa shape index (κ1) is 34.2. The lowest BCUT2D eigenvalue weighted by atomic mass is 10.0. The number of hydrogen-bond donors (Lipinski definition) is 0. The minimum atomic E-state index is 0.644. The third kappa shape index (κ3) is 4.87. The smallest absolute Gasteiger partial charge is 0.235 e. The molecule has 5 heteroatoms. The van der Waals surface area contributed by atoms with E-state index in [4.69, 9.17) is 9.97 Å². The van der Waals surface area contributed by atoms with Crippen molar-refractivity contribution in [2.75, 3.05) is 0 Å². The van der Waals surface area contributed by atoms with Crippen LogP contribution in [0.1, 0.15) is 0 Å². The molecule has 0 atom stereocenters. The summed E-state index contributed by atoms with van der Waals surface area (Å²) in [6, 6.07) is 76.7.